The SMILES string of the molecule is CC/C=C(\CCCCCCC)[Te]CCCC. The molecule has 0 aliphatic rings. The molecule has 0 heterocycles. The second-order valence-electron chi connectivity index (χ2n) is 4.44. The van der Waals surface area contributed by atoms with Crippen molar-refractivity contribution in [2.45, 2.75) is 83.0 Å². The van der Waals surface area contributed by atoms with Gasteiger partial charge in [0.05, 0.1) is 0 Å². The normalized spacial score (nSPS) is 12.1. The molecule has 0 rings (SSSR count). The Morgan fingerprint density at radius 3 is 2.19 bits per heavy atom. The Morgan fingerprint density at radius 1 is 0.875 bits per heavy atom. The van der Waals surface area contributed by atoms with Gasteiger partial charge < -0.3 is 0 Å². The van der Waals surface area contributed by atoms with Crippen LogP contribution < -0.4 is 0 Å². The summed E-state index contributed by atoms with van der Waals surface area (Å²) in [6.07, 6.45) is 15.2. The Kier molecular flexibility index (Phi) is 14.0. The quantitative estimate of drug-likeness (QED) is 0.342. The molecule has 0 aromatic carbocycles. The number of unbranched alkanes of at least 4 members (excludes halogenated alkanes) is 5. The van der Waals surface area contributed by atoms with Gasteiger partial charge in [0.2, 0.25) is 0 Å². The topological polar surface area (TPSA) is 0 Å². The zero-order valence-electron chi connectivity index (χ0n) is 11.6. The number of hydrogen-bond acceptors (Lipinski definition) is 0. The third-order valence-electron chi connectivity index (χ3n) is 2.74. The van der Waals surface area contributed by atoms with Crippen LogP contribution >= 0.6 is 0 Å². The standard InChI is InChI=1S/C15H30Te/c1-4-7-9-10-11-13-15(12-6-3)16-14-8-5-2/h12H,4-11,13-14H2,1-3H3/b15-12+. The maximum absolute atomic E-state index is 2.53. The molecule has 96 valence electrons. The van der Waals surface area contributed by atoms with Crippen LogP contribution in [0, 0.1) is 0 Å². The van der Waals surface area contributed by atoms with Crippen molar-refractivity contribution in [1.29, 1.82) is 0 Å². The fourth-order valence-corrected chi connectivity index (χ4v) is 5.33. The molecule has 0 aliphatic heterocycles. The van der Waals surface area contributed by atoms with Crippen molar-refractivity contribution in [2.75, 3.05) is 0 Å². The molecule has 0 fully saturated rings. The summed E-state index contributed by atoms with van der Waals surface area (Å²) >= 11 is 0.204. The summed E-state index contributed by atoms with van der Waals surface area (Å²) < 4.78 is 3.39. The van der Waals surface area contributed by atoms with E-state index in [0.29, 0.717) is 0 Å². The first-order chi connectivity index (χ1) is 7.85. The monoisotopic (exact) mass is 340 g/mol. The van der Waals surface area contributed by atoms with E-state index in [2.05, 4.69) is 26.8 Å². The summed E-state index contributed by atoms with van der Waals surface area (Å²) in [7, 11) is 0. The second kappa shape index (κ2) is 13.6. The van der Waals surface area contributed by atoms with Gasteiger partial charge in [0.25, 0.3) is 0 Å². The van der Waals surface area contributed by atoms with E-state index in [1.807, 2.05) is 3.62 Å². The number of rotatable bonds is 11. The predicted octanol–water partition coefficient (Wildman–Crippen LogP) is 5.56. The van der Waals surface area contributed by atoms with Crippen LogP contribution in [-0.4, -0.2) is 20.9 Å². The Balaban J connectivity index is 3.56. The van der Waals surface area contributed by atoms with Gasteiger partial charge in [0.15, 0.2) is 0 Å². The fourth-order valence-electron chi connectivity index (χ4n) is 1.71. The van der Waals surface area contributed by atoms with E-state index >= 15 is 0 Å². The molecule has 1 heteroatoms. The fraction of sp³-hybridized carbons (Fsp3) is 0.867. The van der Waals surface area contributed by atoms with E-state index < -0.39 is 0 Å². The molecule has 0 aromatic heterocycles. The molecule has 0 saturated heterocycles. The Hall–Kier alpha value is 0.530. The minimum atomic E-state index is 0.204. The summed E-state index contributed by atoms with van der Waals surface area (Å²) in [4.78, 5) is 0. The molecule has 0 bridgehead atoms. The molecule has 0 aliphatic carbocycles. The van der Waals surface area contributed by atoms with Crippen LogP contribution in [0.3, 0.4) is 0 Å². The van der Waals surface area contributed by atoms with Gasteiger partial charge in [0.1, 0.15) is 0 Å². The second-order valence-corrected chi connectivity index (χ2v) is 7.93. The third-order valence-corrected chi connectivity index (χ3v) is 6.27. The molecule has 0 N–H and O–H groups in total. The molecule has 0 unspecified atom stereocenters. The van der Waals surface area contributed by atoms with Crippen LogP contribution in [0.1, 0.15) is 78.6 Å². The molecule has 0 atom stereocenters. The third kappa shape index (κ3) is 11.0. The first-order valence-electron chi connectivity index (χ1n) is 7.16. The molecule has 0 spiro atoms. The zero-order valence-corrected chi connectivity index (χ0v) is 13.9. The molecular formula is C15H30Te. The van der Waals surface area contributed by atoms with E-state index in [9.17, 15) is 0 Å². The van der Waals surface area contributed by atoms with Gasteiger partial charge in [-0.1, -0.05) is 0 Å². The van der Waals surface area contributed by atoms with Gasteiger partial charge in [-0.15, -0.1) is 0 Å². The van der Waals surface area contributed by atoms with Crippen LogP contribution in [0.4, 0.5) is 0 Å². The van der Waals surface area contributed by atoms with E-state index in [1.165, 1.54) is 62.3 Å². The summed E-state index contributed by atoms with van der Waals surface area (Å²) in [5, 5.41) is 0. The molecule has 0 amide bonds. The first-order valence-corrected chi connectivity index (χ1v) is 9.98. The number of allylic oxidation sites excluding steroid dienone is 2. The van der Waals surface area contributed by atoms with Crippen molar-refractivity contribution >= 4 is 20.9 Å². The molecular weight excluding hydrogens is 308 g/mol. The maximum atomic E-state index is 2.53. The van der Waals surface area contributed by atoms with Crippen molar-refractivity contribution in [2.24, 2.45) is 0 Å². The first kappa shape index (κ1) is 16.5. The van der Waals surface area contributed by atoms with Crippen LogP contribution in [0.2, 0.25) is 4.47 Å². The van der Waals surface area contributed by atoms with E-state index in [1.54, 1.807) is 0 Å². The molecule has 16 heavy (non-hydrogen) atoms. The average molecular weight is 338 g/mol. The van der Waals surface area contributed by atoms with Crippen LogP contribution in [0.5, 0.6) is 0 Å². The van der Waals surface area contributed by atoms with Crippen molar-refractivity contribution in [3.05, 3.63) is 9.70 Å². The Bertz CT molecular complexity index is 161. The van der Waals surface area contributed by atoms with Crippen LogP contribution in [0.15, 0.2) is 9.70 Å². The van der Waals surface area contributed by atoms with Crippen LogP contribution in [0.25, 0.3) is 0 Å². The van der Waals surface area contributed by atoms with Gasteiger partial charge in [-0.3, -0.25) is 0 Å². The summed E-state index contributed by atoms with van der Waals surface area (Å²) in [5.74, 6) is 0. The van der Waals surface area contributed by atoms with Gasteiger partial charge in [0, 0.05) is 0 Å². The predicted molar refractivity (Wildman–Crippen MR) is 77.2 cm³/mol. The van der Waals surface area contributed by atoms with Crippen molar-refractivity contribution in [1.82, 2.24) is 0 Å². The minimum absolute atomic E-state index is 0.204. The molecule has 0 saturated carbocycles. The van der Waals surface area contributed by atoms with Gasteiger partial charge in [-0.2, -0.15) is 0 Å². The molecule has 0 aromatic rings. The van der Waals surface area contributed by atoms with Crippen molar-refractivity contribution < 1.29 is 0 Å². The molecule has 0 nitrogen and oxygen atoms in total. The molecule has 0 radical (unpaired) electrons. The van der Waals surface area contributed by atoms with E-state index in [0.717, 1.165) is 0 Å². The zero-order chi connectivity index (χ0) is 12.1. The number of hydrogen-bond donors (Lipinski definition) is 0. The van der Waals surface area contributed by atoms with Gasteiger partial charge >= 0.3 is 114 Å². The van der Waals surface area contributed by atoms with Gasteiger partial charge in [-0.25, -0.2) is 0 Å². The Morgan fingerprint density at radius 2 is 1.56 bits per heavy atom. The average Bonchev–Trinajstić information content (AvgIpc) is 2.29. The summed E-state index contributed by atoms with van der Waals surface area (Å²) in [6.45, 7) is 6.88. The van der Waals surface area contributed by atoms with Crippen molar-refractivity contribution in [3.8, 4) is 0 Å². The van der Waals surface area contributed by atoms with E-state index in [4.69, 9.17) is 0 Å². The summed E-state index contributed by atoms with van der Waals surface area (Å²) in [5.41, 5.74) is 0. The summed E-state index contributed by atoms with van der Waals surface area (Å²) in [6, 6.07) is 0. The van der Waals surface area contributed by atoms with Gasteiger partial charge in [-0.05, 0) is 0 Å². The van der Waals surface area contributed by atoms with E-state index in [-0.39, 0.29) is 20.9 Å². The van der Waals surface area contributed by atoms with Crippen molar-refractivity contribution in [3.63, 3.8) is 0 Å². The van der Waals surface area contributed by atoms with Crippen LogP contribution in [-0.2, 0) is 0 Å². The Labute approximate surface area is 113 Å².